The van der Waals surface area contributed by atoms with Crippen LogP contribution < -0.4 is 14.8 Å². The quantitative estimate of drug-likeness (QED) is 0.727. The summed E-state index contributed by atoms with van der Waals surface area (Å²) in [5.41, 5.74) is 1.01. The van der Waals surface area contributed by atoms with E-state index >= 15 is 0 Å². The largest absolute Gasteiger partial charge is 0.497 e. The number of hydrogen-bond acceptors (Lipinski definition) is 5. The molecule has 2 aromatic rings. The van der Waals surface area contributed by atoms with E-state index in [0.717, 1.165) is 5.56 Å². The summed E-state index contributed by atoms with van der Waals surface area (Å²) in [6, 6.07) is 14.2. The van der Waals surface area contributed by atoms with Crippen LogP contribution in [0, 0.1) is 5.92 Å². The van der Waals surface area contributed by atoms with E-state index in [2.05, 4.69) is 5.32 Å². The van der Waals surface area contributed by atoms with E-state index in [1.54, 1.807) is 12.1 Å². The number of hydrogen-bond donors (Lipinski definition) is 1. The van der Waals surface area contributed by atoms with Crippen molar-refractivity contribution in [1.29, 1.82) is 0 Å². The molecule has 1 aliphatic rings. The van der Waals surface area contributed by atoms with Crippen molar-refractivity contribution in [2.75, 3.05) is 27.3 Å². The predicted octanol–water partition coefficient (Wildman–Crippen LogP) is 2.98. The van der Waals surface area contributed by atoms with Gasteiger partial charge in [0.2, 0.25) is 15.9 Å². The predicted molar refractivity (Wildman–Crippen MR) is 114 cm³/mol. The molecule has 1 amide bonds. The lowest BCUT2D eigenvalue weighted by molar-refractivity contribution is -0.126. The molecule has 1 saturated heterocycles. The van der Waals surface area contributed by atoms with Crippen molar-refractivity contribution in [2.24, 2.45) is 5.92 Å². The van der Waals surface area contributed by atoms with Crippen molar-refractivity contribution < 1.29 is 22.7 Å². The maximum Gasteiger partial charge on any atom is 0.246 e. The van der Waals surface area contributed by atoms with Gasteiger partial charge in [-0.05, 0) is 37.5 Å². The molecule has 1 heterocycles. The highest BCUT2D eigenvalue weighted by Gasteiger charge is 2.35. The van der Waals surface area contributed by atoms with Gasteiger partial charge >= 0.3 is 0 Å². The summed E-state index contributed by atoms with van der Waals surface area (Å²) in [6.45, 7) is 2.42. The Morgan fingerprint density at radius 2 is 1.87 bits per heavy atom. The van der Waals surface area contributed by atoms with Crippen molar-refractivity contribution in [2.45, 2.75) is 30.7 Å². The van der Waals surface area contributed by atoms with Crippen LogP contribution in [0.25, 0.3) is 0 Å². The van der Waals surface area contributed by atoms with Gasteiger partial charge < -0.3 is 14.8 Å². The maximum atomic E-state index is 13.3. The van der Waals surface area contributed by atoms with Crippen LogP contribution >= 0.6 is 0 Å². The summed E-state index contributed by atoms with van der Waals surface area (Å²) in [5.74, 6) is 0.137. The van der Waals surface area contributed by atoms with Crippen LogP contribution in [-0.4, -0.2) is 45.9 Å². The Morgan fingerprint density at radius 3 is 2.53 bits per heavy atom. The van der Waals surface area contributed by atoms with Gasteiger partial charge in [0.15, 0.2) is 0 Å². The second kappa shape index (κ2) is 9.49. The Hall–Kier alpha value is -2.58. The number of sulfonamides is 1. The molecule has 0 aliphatic carbocycles. The number of methoxy groups -OCH3 is 2. The molecule has 2 aromatic carbocycles. The van der Waals surface area contributed by atoms with Crippen LogP contribution in [0.15, 0.2) is 53.4 Å². The standard InChI is InChI=1S/C22H28N2O5S/c1-16(17-8-5-4-6-9-17)23-22(25)18-10-7-13-24(15-18)30(26,27)21-14-19(28-2)11-12-20(21)29-3/h4-6,8-9,11-12,14,16,18H,7,10,13,15H2,1-3H3,(H,23,25)/t16-,18-/m1/s1. The average molecular weight is 433 g/mol. The van der Waals surface area contributed by atoms with E-state index in [9.17, 15) is 13.2 Å². The van der Waals surface area contributed by atoms with E-state index in [0.29, 0.717) is 25.1 Å². The molecule has 8 heteroatoms. The maximum absolute atomic E-state index is 13.3. The molecule has 0 bridgehead atoms. The molecular formula is C22H28N2O5S. The molecule has 0 saturated carbocycles. The highest BCUT2D eigenvalue weighted by molar-refractivity contribution is 7.89. The Balaban J connectivity index is 1.76. The first-order chi connectivity index (χ1) is 14.4. The minimum atomic E-state index is -3.84. The second-order valence-corrected chi connectivity index (χ2v) is 9.27. The molecular weight excluding hydrogens is 404 g/mol. The SMILES string of the molecule is COc1ccc(OC)c(S(=O)(=O)N2CCC[C@@H](C(=O)N[C@H](C)c3ccccc3)C2)c1. The molecule has 1 fully saturated rings. The summed E-state index contributed by atoms with van der Waals surface area (Å²) in [6.07, 6.45) is 1.26. The van der Waals surface area contributed by atoms with Crippen LogP contribution in [0.2, 0.25) is 0 Å². The highest BCUT2D eigenvalue weighted by Crippen LogP contribution is 2.32. The number of ether oxygens (including phenoxy) is 2. The zero-order chi connectivity index (χ0) is 21.7. The Morgan fingerprint density at radius 1 is 1.13 bits per heavy atom. The molecule has 1 N–H and O–H groups in total. The fraction of sp³-hybridized carbons (Fsp3) is 0.409. The first-order valence-corrected chi connectivity index (χ1v) is 11.4. The molecule has 7 nitrogen and oxygen atoms in total. The first-order valence-electron chi connectivity index (χ1n) is 9.94. The lowest BCUT2D eigenvalue weighted by Gasteiger charge is -2.32. The monoisotopic (exact) mass is 432 g/mol. The summed E-state index contributed by atoms with van der Waals surface area (Å²) >= 11 is 0. The molecule has 3 rings (SSSR count). The number of piperidine rings is 1. The van der Waals surface area contributed by atoms with Gasteiger partial charge in [-0.1, -0.05) is 30.3 Å². The van der Waals surface area contributed by atoms with Gasteiger partial charge in [-0.15, -0.1) is 0 Å². The summed E-state index contributed by atoms with van der Waals surface area (Å²) in [4.78, 5) is 12.9. The van der Waals surface area contributed by atoms with Gasteiger partial charge in [-0.2, -0.15) is 4.31 Å². The van der Waals surface area contributed by atoms with Crippen molar-refractivity contribution in [3.05, 3.63) is 54.1 Å². The minimum absolute atomic E-state index is 0.0445. The van der Waals surface area contributed by atoms with Crippen LogP contribution in [0.5, 0.6) is 11.5 Å². The van der Waals surface area contributed by atoms with Crippen LogP contribution in [0.4, 0.5) is 0 Å². The molecule has 0 aromatic heterocycles. The zero-order valence-electron chi connectivity index (χ0n) is 17.5. The van der Waals surface area contributed by atoms with E-state index in [-0.39, 0.29) is 29.1 Å². The normalized spacial score (nSPS) is 18.4. The van der Waals surface area contributed by atoms with Crippen molar-refractivity contribution in [3.63, 3.8) is 0 Å². The summed E-state index contributed by atoms with van der Waals surface area (Å²) < 4.78 is 38.4. The lowest BCUT2D eigenvalue weighted by atomic mass is 9.98. The molecule has 0 spiro atoms. The molecule has 0 radical (unpaired) electrons. The fourth-order valence-electron chi connectivity index (χ4n) is 3.66. The van der Waals surface area contributed by atoms with Gasteiger partial charge in [0.1, 0.15) is 16.4 Å². The number of nitrogens with one attached hydrogen (secondary N) is 1. The van der Waals surface area contributed by atoms with Gasteiger partial charge in [0.25, 0.3) is 0 Å². The number of carbonyl (C=O) groups excluding carboxylic acids is 1. The Bertz CT molecular complexity index is 978. The van der Waals surface area contributed by atoms with E-state index in [1.165, 1.54) is 24.6 Å². The number of carbonyl (C=O) groups is 1. The van der Waals surface area contributed by atoms with Crippen LogP contribution in [0.3, 0.4) is 0 Å². The number of amides is 1. The zero-order valence-corrected chi connectivity index (χ0v) is 18.3. The number of rotatable bonds is 7. The van der Waals surface area contributed by atoms with E-state index in [4.69, 9.17) is 9.47 Å². The molecule has 162 valence electrons. The number of benzene rings is 2. The van der Waals surface area contributed by atoms with Gasteiger partial charge in [-0.25, -0.2) is 8.42 Å². The van der Waals surface area contributed by atoms with Crippen LogP contribution in [0.1, 0.15) is 31.4 Å². The van der Waals surface area contributed by atoms with Crippen molar-refractivity contribution >= 4 is 15.9 Å². The summed E-state index contributed by atoms with van der Waals surface area (Å²) in [5, 5.41) is 3.01. The third-order valence-corrected chi connectivity index (χ3v) is 7.29. The van der Waals surface area contributed by atoms with Crippen molar-refractivity contribution in [1.82, 2.24) is 9.62 Å². The lowest BCUT2D eigenvalue weighted by Crippen LogP contribution is -2.45. The molecule has 2 atom stereocenters. The molecule has 1 aliphatic heterocycles. The molecule has 30 heavy (non-hydrogen) atoms. The molecule has 0 unspecified atom stereocenters. The van der Waals surface area contributed by atoms with Gasteiger partial charge in [0, 0.05) is 19.2 Å². The van der Waals surface area contributed by atoms with Gasteiger partial charge in [-0.3, -0.25) is 4.79 Å². The summed E-state index contributed by atoms with van der Waals surface area (Å²) in [7, 11) is -0.928. The number of nitrogens with zero attached hydrogens (tertiary/aromatic N) is 1. The van der Waals surface area contributed by atoms with E-state index in [1.807, 2.05) is 37.3 Å². The van der Waals surface area contributed by atoms with Crippen molar-refractivity contribution in [3.8, 4) is 11.5 Å². The minimum Gasteiger partial charge on any atom is -0.497 e. The third kappa shape index (κ3) is 4.76. The van der Waals surface area contributed by atoms with E-state index < -0.39 is 15.9 Å². The fourth-order valence-corrected chi connectivity index (χ4v) is 5.35. The average Bonchev–Trinajstić information content (AvgIpc) is 2.79. The van der Waals surface area contributed by atoms with Crippen LogP contribution in [-0.2, 0) is 14.8 Å². The third-order valence-electron chi connectivity index (χ3n) is 5.40. The Labute approximate surface area is 178 Å². The Kier molecular flexibility index (Phi) is 6.99. The highest BCUT2D eigenvalue weighted by atomic mass is 32.2. The topological polar surface area (TPSA) is 84.9 Å². The smallest absolute Gasteiger partial charge is 0.246 e. The second-order valence-electron chi connectivity index (χ2n) is 7.36. The van der Waals surface area contributed by atoms with Gasteiger partial charge in [0.05, 0.1) is 26.2 Å². The first kappa shape index (κ1) is 22.1.